The Morgan fingerprint density at radius 2 is 1.93 bits per heavy atom. The molecule has 1 fully saturated rings. The highest BCUT2D eigenvalue weighted by Crippen LogP contribution is 2.20. The zero-order chi connectivity index (χ0) is 11.4. The van der Waals surface area contributed by atoms with Gasteiger partial charge in [0, 0.05) is 18.6 Å². The topological polar surface area (TPSA) is 55.7 Å². The number of hydrogen-bond acceptors (Lipinski definition) is 4. The standard InChI is InChI=1S/C11H24N2O2/c1-8-5-13(3)9(2)4-11(8)12-10(6-14)7-15/h8-12,14-15H,4-7H2,1-3H3/t8-,9+,11+/m1/s1. The molecule has 0 aromatic rings. The van der Waals surface area contributed by atoms with Crippen molar-refractivity contribution >= 4 is 0 Å². The molecule has 1 rings (SSSR count). The third-order valence-electron chi connectivity index (χ3n) is 3.50. The maximum Gasteiger partial charge on any atom is 0.0607 e. The van der Waals surface area contributed by atoms with E-state index in [0.717, 1.165) is 13.0 Å². The maximum absolute atomic E-state index is 9.03. The monoisotopic (exact) mass is 216 g/mol. The first kappa shape index (κ1) is 12.9. The van der Waals surface area contributed by atoms with E-state index >= 15 is 0 Å². The van der Waals surface area contributed by atoms with Gasteiger partial charge in [-0.15, -0.1) is 0 Å². The van der Waals surface area contributed by atoms with Crippen LogP contribution in [0.4, 0.5) is 0 Å². The highest BCUT2D eigenvalue weighted by molar-refractivity contribution is 4.87. The molecule has 0 aliphatic carbocycles. The van der Waals surface area contributed by atoms with Crippen LogP contribution in [0.3, 0.4) is 0 Å². The summed E-state index contributed by atoms with van der Waals surface area (Å²) in [4.78, 5) is 2.36. The number of aliphatic hydroxyl groups excluding tert-OH is 2. The molecule has 0 saturated carbocycles. The quantitative estimate of drug-likeness (QED) is 0.602. The van der Waals surface area contributed by atoms with Gasteiger partial charge in [-0.05, 0) is 26.3 Å². The van der Waals surface area contributed by atoms with Crippen LogP contribution in [-0.4, -0.2) is 60.0 Å². The molecule has 0 spiro atoms. The zero-order valence-electron chi connectivity index (χ0n) is 9.98. The van der Waals surface area contributed by atoms with Crippen LogP contribution in [0.15, 0.2) is 0 Å². The van der Waals surface area contributed by atoms with Gasteiger partial charge in [-0.2, -0.15) is 0 Å². The third-order valence-corrected chi connectivity index (χ3v) is 3.50. The lowest BCUT2D eigenvalue weighted by atomic mass is 9.89. The van der Waals surface area contributed by atoms with Crippen LogP contribution >= 0.6 is 0 Å². The fourth-order valence-corrected chi connectivity index (χ4v) is 2.24. The molecule has 0 bridgehead atoms. The summed E-state index contributed by atoms with van der Waals surface area (Å²) in [5, 5.41) is 21.4. The second kappa shape index (κ2) is 5.80. The summed E-state index contributed by atoms with van der Waals surface area (Å²) in [6.45, 7) is 5.51. The number of hydrogen-bond donors (Lipinski definition) is 3. The minimum absolute atomic E-state index is 0.00391. The Labute approximate surface area is 92.3 Å². The molecular formula is C11H24N2O2. The van der Waals surface area contributed by atoms with Crippen molar-refractivity contribution in [3.05, 3.63) is 0 Å². The average Bonchev–Trinajstić information content (AvgIpc) is 2.21. The lowest BCUT2D eigenvalue weighted by molar-refractivity contribution is 0.0927. The van der Waals surface area contributed by atoms with Gasteiger partial charge in [-0.25, -0.2) is 0 Å². The van der Waals surface area contributed by atoms with Crippen LogP contribution in [0, 0.1) is 5.92 Å². The maximum atomic E-state index is 9.03. The first-order chi connectivity index (χ1) is 7.08. The summed E-state index contributed by atoms with van der Waals surface area (Å²) < 4.78 is 0. The van der Waals surface area contributed by atoms with Crippen LogP contribution in [0.2, 0.25) is 0 Å². The van der Waals surface area contributed by atoms with E-state index in [9.17, 15) is 0 Å². The SMILES string of the molecule is C[C@@H]1CN(C)[C@@H](C)C[C@@H]1NC(CO)CO. The van der Waals surface area contributed by atoms with Crippen LogP contribution in [-0.2, 0) is 0 Å². The van der Waals surface area contributed by atoms with E-state index in [2.05, 4.69) is 31.1 Å². The second-order valence-electron chi connectivity index (χ2n) is 4.84. The summed E-state index contributed by atoms with van der Waals surface area (Å²) >= 11 is 0. The number of nitrogens with one attached hydrogen (secondary N) is 1. The van der Waals surface area contributed by atoms with Crippen molar-refractivity contribution in [2.24, 2.45) is 5.92 Å². The molecule has 3 atom stereocenters. The van der Waals surface area contributed by atoms with Crippen molar-refractivity contribution in [1.82, 2.24) is 10.2 Å². The molecule has 0 aromatic carbocycles. The van der Waals surface area contributed by atoms with E-state index < -0.39 is 0 Å². The summed E-state index contributed by atoms with van der Waals surface area (Å²) in [6.07, 6.45) is 1.08. The molecule has 1 saturated heterocycles. The first-order valence-electron chi connectivity index (χ1n) is 5.76. The molecule has 0 unspecified atom stereocenters. The van der Waals surface area contributed by atoms with Gasteiger partial charge >= 0.3 is 0 Å². The van der Waals surface area contributed by atoms with Gasteiger partial charge in [0.1, 0.15) is 0 Å². The smallest absolute Gasteiger partial charge is 0.0607 e. The third kappa shape index (κ3) is 3.41. The normalized spacial score (nSPS) is 33.6. The minimum Gasteiger partial charge on any atom is -0.395 e. The Balaban J connectivity index is 2.47. The number of aliphatic hydroxyl groups is 2. The predicted octanol–water partition coefficient (Wildman–Crippen LogP) is -0.342. The summed E-state index contributed by atoms with van der Waals surface area (Å²) in [5.41, 5.74) is 0. The molecule has 0 amide bonds. The van der Waals surface area contributed by atoms with Gasteiger partial charge in [0.2, 0.25) is 0 Å². The summed E-state index contributed by atoms with van der Waals surface area (Å²) in [7, 11) is 2.15. The fraction of sp³-hybridized carbons (Fsp3) is 1.00. The van der Waals surface area contributed by atoms with Gasteiger partial charge in [0.15, 0.2) is 0 Å². The van der Waals surface area contributed by atoms with E-state index in [4.69, 9.17) is 10.2 Å². The highest BCUT2D eigenvalue weighted by atomic mass is 16.3. The molecule has 1 heterocycles. The van der Waals surface area contributed by atoms with Crippen LogP contribution < -0.4 is 5.32 Å². The van der Waals surface area contributed by atoms with Crippen molar-refractivity contribution in [3.63, 3.8) is 0 Å². The highest BCUT2D eigenvalue weighted by Gasteiger charge is 2.29. The van der Waals surface area contributed by atoms with E-state index in [0.29, 0.717) is 18.0 Å². The zero-order valence-corrected chi connectivity index (χ0v) is 9.98. The number of piperidine rings is 1. The molecular weight excluding hydrogens is 192 g/mol. The Hall–Kier alpha value is -0.160. The van der Waals surface area contributed by atoms with E-state index in [1.165, 1.54) is 0 Å². The molecule has 0 aromatic heterocycles. The first-order valence-corrected chi connectivity index (χ1v) is 5.76. The van der Waals surface area contributed by atoms with Crippen molar-refractivity contribution in [1.29, 1.82) is 0 Å². The number of rotatable bonds is 4. The summed E-state index contributed by atoms with van der Waals surface area (Å²) in [6, 6.07) is 0.797. The molecule has 3 N–H and O–H groups in total. The lowest BCUT2D eigenvalue weighted by Crippen LogP contribution is -2.54. The van der Waals surface area contributed by atoms with Crippen LogP contribution in [0.5, 0.6) is 0 Å². The largest absolute Gasteiger partial charge is 0.395 e. The summed E-state index contributed by atoms with van der Waals surface area (Å²) in [5.74, 6) is 0.562. The van der Waals surface area contributed by atoms with Gasteiger partial charge in [-0.3, -0.25) is 0 Å². The molecule has 0 radical (unpaired) electrons. The Morgan fingerprint density at radius 1 is 1.33 bits per heavy atom. The van der Waals surface area contributed by atoms with E-state index in [-0.39, 0.29) is 19.3 Å². The number of likely N-dealkylation sites (tertiary alicyclic amines) is 1. The minimum atomic E-state index is -0.173. The van der Waals surface area contributed by atoms with Gasteiger partial charge in [0.05, 0.1) is 19.3 Å². The predicted molar refractivity (Wildman–Crippen MR) is 60.8 cm³/mol. The average molecular weight is 216 g/mol. The number of nitrogens with zero attached hydrogens (tertiary/aromatic N) is 1. The van der Waals surface area contributed by atoms with Crippen molar-refractivity contribution in [2.75, 3.05) is 26.8 Å². The lowest BCUT2D eigenvalue weighted by Gasteiger charge is -2.41. The van der Waals surface area contributed by atoms with E-state index in [1.54, 1.807) is 0 Å². The molecule has 15 heavy (non-hydrogen) atoms. The van der Waals surface area contributed by atoms with Gasteiger partial charge in [0.25, 0.3) is 0 Å². The van der Waals surface area contributed by atoms with Crippen molar-refractivity contribution in [3.8, 4) is 0 Å². The fourth-order valence-electron chi connectivity index (χ4n) is 2.24. The van der Waals surface area contributed by atoms with Crippen LogP contribution in [0.1, 0.15) is 20.3 Å². The molecule has 90 valence electrons. The molecule has 1 aliphatic heterocycles. The molecule has 1 aliphatic rings. The van der Waals surface area contributed by atoms with Crippen LogP contribution in [0.25, 0.3) is 0 Å². The van der Waals surface area contributed by atoms with Gasteiger partial charge in [-0.1, -0.05) is 6.92 Å². The Morgan fingerprint density at radius 3 is 2.47 bits per heavy atom. The van der Waals surface area contributed by atoms with E-state index in [1.807, 2.05) is 0 Å². The van der Waals surface area contributed by atoms with Gasteiger partial charge < -0.3 is 20.4 Å². The Kier molecular flexibility index (Phi) is 4.99. The molecule has 4 nitrogen and oxygen atoms in total. The van der Waals surface area contributed by atoms with Crippen molar-refractivity contribution in [2.45, 2.75) is 38.4 Å². The Bertz CT molecular complexity index is 185. The molecule has 4 heteroatoms. The second-order valence-corrected chi connectivity index (χ2v) is 4.84. The van der Waals surface area contributed by atoms with Crippen molar-refractivity contribution < 1.29 is 10.2 Å².